The molecule has 0 unspecified atom stereocenters. The lowest BCUT2D eigenvalue weighted by atomic mass is 10.0. The molecule has 0 bridgehead atoms. The lowest BCUT2D eigenvalue weighted by molar-refractivity contribution is 0.103. The number of rotatable bonds is 6. The van der Waals surface area contributed by atoms with Gasteiger partial charge in [0.25, 0.3) is 0 Å². The van der Waals surface area contributed by atoms with Gasteiger partial charge in [0.2, 0.25) is 0 Å². The number of nitrogens with zero attached hydrogens (tertiary/aromatic N) is 1. The van der Waals surface area contributed by atoms with Crippen LogP contribution in [0.1, 0.15) is 34.3 Å². The molecule has 0 amide bonds. The van der Waals surface area contributed by atoms with Gasteiger partial charge in [-0.15, -0.1) is 0 Å². The molecule has 1 saturated heterocycles. The molecule has 0 atom stereocenters. The topological polar surface area (TPSA) is 29.5 Å². The van der Waals surface area contributed by atoms with Crippen LogP contribution < -0.4 is 4.74 Å². The number of carbonyl (C=O) groups is 1. The lowest BCUT2D eigenvalue weighted by Crippen LogP contribution is -2.25. The van der Waals surface area contributed by atoms with E-state index in [9.17, 15) is 4.79 Å². The summed E-state index contributed by atoms with van der Waals surface area (Å²) in [6.07, 6.45) is 2.60. The number of likely N-dealkylation sites (tertiary alicyclic amines) is 1. The van der Waals surface area contributed by atoms with Gasteiger partial charge in [-0.3, -0.25) is 9.69 Å². The van der Waals surface area contributed by atoms with E-state index in [1.165, 1.54) is 25.9 Å². The summed E-state index contributed by atoms with van der Waals surface area (Å²) in [5, 5.41) is 0. The highest BCUT2D eigenvalue weighted by atomic mass is 16.5. The van der Waals surface area contributed by atoms with E-state index in [4.69, 9.17) is 4.74 Å². The Labute approximate surface area is 137 Å². The minimum atomic E-state index is 0.0531. The first-order valence-electron chi connectivity index (χ1n) is 8.29. The molecule has 1 heterocycles. The molecule has 2 aromatic rings. The van der Waals surface area contributed by atoms with Gasteiger partial charge >= 0.3 is 0 Å². The predicted molar refractivity (Wildman–Crippen MR) is 92.2 cm³/mol. The first-order chi connectivity index (χ1) is 11.2. The number of hydrogen-bond acceptors (Lipinski definition) is 3. The van der Waals surface area contributed by atoms with E-state index in [2.05, 4.69) is 4.90 Å². The van der Waals surface area contributed by atoms with Crippen LogP contribution in [0, 0.1) is 6.92 Å². The number of ketones is 1. The quantitative estimate of drug-likeness (QED) is 0.762. The molecule has 0 aliphatic carbocycles. The van der Waals surface area contributed by atoms with Gasteiger partial charge in [0.15, 0.2) is 5.78 Å². The number of hydrogen-bond donors (Lipinski definition) is 0. The second-order valence-corrected chi connectivity index (χ2v) is 6.07. The zero-order chi connectivity index (χ0) is 16.1. The summed E-state index contributed by atoms with van der Waals surface area (Å²) in [6.45, 7) is 6.05. The van der Waals surface area contributed by atoms with Gasteiger partial charge < -0.3 is 4.74 Å². The van der Waals surface area contributed by atoms with Gasteiger partial charge in [0.05, 0.1) is 0 Å². The molecule has 3 nitrogen and oxygen atoms in total. The Morgan fingerprint density at radius 3 is 2.48 bits per heavy atom. The lowest BCUT2D eigenvalue weighted by Gasteiger charge is -2.16. The predicted octanol–water partition coefficient (Wildman–Crippen LogP) is 3.70. The molecule has 0 N–H and O–H groups in total. The van der Waals surface area contributed by atoms with Gasteiger partial charge in [-0.2, -0.15) is 0 Å². The molecule has 1 aliphatic heterocycles. The Morgan fingerprint density at radius 2 is 1.78 bits per heavy atom. The third kappa shape index (κ3) is 3.99. The first-order valence-corrected chi connectivity index (χ1v) is 8.29. The molecule has 3 rings (SSSR count). The molecule has 120 valence electrons. The van der Waals surface area contributed by atoms with Gasteiger partial charge in [-0.25, -0.2) is 0 Å². The van der Waals surface area contributed by atoms with Gasteiger partial charge in [0.1, 0.15) is 12.4 Å². The molecule has 1 aliphatic rings. The van der Waals surface area contributed by atoms with E-state index in [1.807, 2.05) is 55.5 Å². The van der Waals surface area contributed by atoms with E-state index in [0.29, 0.717) is 12.2 Å². The van der Waals surface area contributed by atoms with Crippen LogP contribution in [0.15, 0.2) is 48.5 Å². The maximum absolute atomic E-state index is 12.5. The van der Waals surface area contributed by atoms with Crippen molar-refractivity contribution in [2.75, 3.05) is 26.2 Å². The fourth-order valence-electron chi connectivity index (χ4n) is 3.00. The van der Waals surface area contributed by atoms with Crippen LogP contribution in [0.25, 0.3) is 0 Å². The second kappa shape index (κ2) is 7.42. The average Bonchev–Trinajstić information content (AvgIpc) is 3.10. The van der Waals surface area contributed by atoms with E-state index in [0.717, 1.165) is 23.4 Å². The van der Waals surface area contributed by atoms with E-state index in [-0.39, 0.29) is 5.78 Å². The standard InChI is InChI=1S/C20H23NO2/c1-16-15-18(20(22)17-7-3-2-4-8-17)9-10-19(16)23-14-13-21-11-5-6-12-21/h2-4,7-10,15H,5-6,11-14H2,1H3. The fraction of sp³-hybridized carbons (Fsp3) is 0.350. The smallest absolute Gasteiger partial charge is 0.193 e. The number of aryl methyl sites for hydroxylation is 1. The van der Waals surface area contributed by atoms with Gasteiger partial charge in [0, 0.05) is 17.7 Å². The Hall–Kier alpha value is -2.13. The minimum absolute atomic E-state index is 0.0531. The van der Waals surface area contributed by atoms with Crippen LogP contribution in [0.5, 0.6) is 5.75 Å². The SMILES string of the molecule is Cc1cc(C(=O)c2ccccc2)ccc1OCCN1CCCC1. The highest BCUT2D eigenvalue weighted by Crippen LogP contribution is 2.21. The van der Waals surface area contributed by atoms with Crippen molar-refractivity contribution >= 4 is 5.78 Å². The molecular formula is C20H23NO2. The molecule has 0 aromatic heterocycles. The summed E-state index contributed by atoms with van der Waals surface area (Å²) >= 11 is 0. The normalized spacial score (nSPS) is 14.8. The summed E-state index contributed by atoms with van der Waals surface area (Å²) < 4.78 is 5.89. The van der Waals surface area contributed by atoms with Crippen LogP contribution in [0.4, 0.5) is 0 Å². The molecule has 2 aromatic carbocycles. The second-order valence-electron chi connectivity index (χ2n) is 6.07. The Kier molecular flexibility index (Phi) is 5.09. The van der Waals surface area contributed by atoms with Crippen LogP contribution in [0.3, 0.4) is 0 Å². The molecule has 3 heteroatoms. The van der Waals surface area contributed by atoms with E-state index in [1.54, 1.807) is 0 Å². The molecule has 0 spiro atoms. The Balaban J connectivity index is 1.62. The van der Waals surface area contributed by atoms with Gasteiger partial charge in [-0.1, -0.05) is 30.3 Å². The maximum Gasteiger partial charge on any atom is 0.193 e. The number of ether oxygens (including phenoxy) is 1. The monoisotopic (exact) mass is 309 g/mol. The molecule has 23 heavy (non-hydrogen) atoms. The Bertz CT molecular complexity index is 661. The Morgan fingerprint density at radius 1 is 1.04 bits per heavy atom. The van der Waals surface area contributed by atoms with Crippen molar-refractivity contribution < 1.29 is 9.53 Å². The van der Waals surface area contributed by atoms with Crippen LogP contribution in [-0.4, -0.2) is 36.9 Å². The highest BCUT2D eigenvalue weighted by Gasteiger charge is 2.12. The van der Waals surface area contributed by atoms with Crippen molar-refractivity contribution in [3.05, 3.63) is 65.2 Å². The zero-order valence-corrected chi connectivity index (χ0v) is 13.6. The summed E-state index contributed by atoms with van der Waals surface area (Å²) in [5.41, 5.74) is 2.43. The highest BCUT2D eigenvalue weighted by molar-refractivity contribution is 6.09. The van der Waals surface area contributed by atoms with Crippen molar-refractivity contribution in [1.82, 2.24) is 4.90 Å². The molecule has 0 saturated carbocycles. The maximum atomic E-state index is 12.5. The van der Waals surface area contributed by atoms with Crippen LogP contribution in [0.2, 0.25) is 0 Å². The molecule has 0 radical (unpaired) electrons. The van der Waals surface area contributed by atoms with E-state index >= 15 is 0 Å². The van der Waals surface area contributed by atoms with Crippen molar-refractivity contribution in [3.8, 4) is 5.75 Å². The summed E-state index contributed by atoms with van der Waals surface area (Å²) in [5.74, 6) is 0.922. The van der Waals surface area contributed by atoms with Crippen LogP contribution in [-0.2, 0) is 0 Å². The van der Waals surface area contributed by atoms with Crippen molar-refractivity contribution in [2.24, 2.45) is 0 Å². The van der Waals surface area contributed by atoms with Crippen molar-refractivity contribution in [2.45, 2.75) is 19.8 Å². The van der Waals surface area contributed by atoms with Crippen molar-refractivity contribution in [3.63, 3.8) is 0 Å². The fourth-order valence-corrected chi connectivity index (χ4v) is 3.00. The summed E-state index contributed by atoms with van der Waals surface area (Å²) in [4.78, 5) is 14.9. The molecule has 1 fully saturated rings. The third-order valence-corrected chi connectivity index (χ3v) is 4.34. The van der Waals surface area contributed by atoms with E-state index < -0.39 is 0 Å². The third-order valence-electron chi connectivity index (χ3n) is 4.34. The average molecular weight is 309 g/mol. The minimum Gasteiger partial charge on any atom is -0.492 e. The largest absolute Gasteiger partial charge is 0.492 e. The summed E-state index contributed by atoms with van der Waals surface area (Å²) in [6, 6.07) is 15.1. The number of benzene rings is 2. The summed E-state index contributed by atoms with van der Waals surface area (Å²) in [7, 11) is 0. The zero-order valence-electron chi connectivity index (χ0n) is 13.6. The van der Waals surface area contributed by atoms with Crippen LogP contribution >= 0.6 is 0 Å². The molecular weight excluding hydrogens is 286 g/mol. The van der Waals surface area contributed by atoms with Gasteiger partial charge in [-0.05, 0) is 56.6 Å². The number of carbonyl (C=O) groups excluding carboxylic acids is 1. The first kappa shape index (κ1) is 15.8. The van der Waals surface area contributed by atoms with Crippen molar-refractivity contribution in [1.29, 1.82) is 0 Å².